The number of aromatic amines is 1. The van der Waals surface area contributed by atoms with Crippen molar-refractivity contribution in [3.05, 3.63) is 34.3 Å². The van der Waals surface area contributed by atoms with Gasteiger partial charge in [0.05, 0.1) is 0 Å². The first-order valence-corrected chi connectivity index (χ1v) is 4.55. The highest BCUT2D eigenvalue weighted by atomic mass is 16.5. The molecular formula is C10H11N3O2. The van der Waals surface area contributed by atoms with E-state index in [-0.39, 0.29) is 0 Å². The number of benzene rings is 1. The first-order valence-electron chi connectivity index (χ1n) is 4.55. The fourth-order valence-electron chi connectivity index (χ4n) is 1.42. The zero-order chi connectivity index (χ0) is 10.8. The Morgan fingerprint density at radius 1 is 1.47 bits per heavy atom. The van der Waals surface area contributed by atoms with Gasteiger partial charge in [-0.3, -0.25) is 9.51 Å². The third-order valence-corrected chi connectivity index (χ3v) is 2.14. The average molecular weight is 205 g/mol. The summed E-state index contributed by atoms with van der Waals surface area (Å²) in [4.78, 5) is 13.3. The van der Waals surface area contributed by atoms with E-state index in [0.29, 0.717) is 5.82 Å². The molecule has 0 bridgehead atoms. The molecule has 1 heterocycles. The van der Waals surface area contributed by atoms with E-state index in [2.05, 4.69) is 20.0 Å². The summed E-state index contributed by atoms with van der Waals surface area (Å²) in [6.07, 6.45) is 0. The molecule has 2 N–H and O–H groups in total. The molecule has 78 valence electrons. The van der Waals surface area contributed by atoms with Crippen LogP contribution in [0.15, 0.2) is 27.5 Å². The quantitative estimate of drug-likeness (QED) is 0.777. The number of nitrogens with one attached hydrogen (secondary N) is 2. The molecule has 15 heavy (non-hydrogen) atoms. The van der Waals surface area contributed by atoms with E-state index in [1.165, 1.54) is 0 Å². The minimum Gasteiger partial charge on any atom is -0.388 e. The van der Waals surface area contributed by atoms with Crippen molar-refractivity contribution in [2.24, 2.45) is 0 Å². The molecule has 0 aliphatic rings. The Balaban J connectivity index is 2.57. The lowest BCUT2D eigenvalue weighted by molar-refractivity contribution is 0.388. The van der Waals surface area contributed by atoms with E-state index >= 15 is 0 Å². The van der Waals surface area contributed by atoms with Crippen molar-refractivity contribution in [1.82, 2.24) is 10.1 Å². The van der Waals surface area contributed by atoms with Crippen molar-refractivity contribution >= 4 is 5.69 Å². The van der Waals surface area contributed by atoms with Gasteiger partial charge in [0.2, 0.25) is 0 Å². The first kappa shape index (κ1) is 9.51. The van der Waals surface area contributed by atoms with Crippen LogP contribution in [0.3, 0.4) is 0 Å². The lowest BCUT2D eigenvalue weighted by Gasteiger charge is -2.06. The van der Waals surface area contributed by atoms with Crippen molar-refractivity contribution in [3.8, 4) is 11.4 Å². The number of rotatable bonds is 2. The molecule has 2 rings (SSSR count). The molecule has 0 fully saturated rings. The van der Waals surface area contributed by atoms with Crippen molar-refractivity contribution in [2.45, 2.75) is 6.92 Å². The highest BCUT2D eigenvalue weighted by Gasteiger charge is 2.08. The Morgan fingerprint density at radius 2 is 2.27 bits per heavy atom. The average Bonchev–Trinajstić information content (AvgIpc) is 2.64. The number of hydrogen-bond acceptors (Lipinski definition) is 4. The Labute approximate surface area is 86.1 Å². The summed E-state index contributed by atoms with van der Waals surface area (Å²) >= 11 is 0. The molecule has 0 saturated heterocycles. The second kappa shape index (κ2) is 3.61. The maximum Gasteiger partial charge on any atom is 0.439 e. The molecule has 0 amide bonds. The van der Waals surface area contributed by atoms with Gasteiger partial charge in [0.15, 0.2) is 5.82 Å². The van der Waals surface area contributed by atoms with Gasteiger partial charge < -0.3 is 5.32 Å². The van der Waals surface area contributed by atoms with E-state index in [0.717, 1.165) is 16.8 Å². The minimum absolute atomic E-state index is 0.435. The molecule has 5 nitrogen and oxygen atoms in total. The molecule has 0 radical (unpaired) electrons. The molecule has 1 aromatic heterocycles. The van der Waals surface area contributed by atoms with Gasteiger partial charge in [0.1, 0.15) is 0 Å². The zero-order valence-corrected chi connectivity index (χ0v) is 8.50. The summed E-state index contributed by atoms with van der Waals surface area (Å²) in [7, 11) is 1.82. The Morgan fingerprint density at radius 3 is 2.87 bits per heavy atom. The number of H-pyrrole nitrogens is 1. The van der Waals surface area contributed by atoms with Gasteiger partial charge in [0, 0.05) is 18.3 Å². The highest BCUT2D eigenvalue weighted by Crippen LogP contribution is 2.24. The van der Waals surface area contributed by atoms with Gasteiger partial charge >= 0.3 is 5.76 Å². The van der Waals surface area contributed by atoms with Crippen LogP contribution in [0.4, 0.5) is 5.69 Å². The number of nitrogens with zero attached hydrogens (tertiary/aromatic N) is 1. The summed E-state index contributed by atoms with van der Waals surface area (Å²) in [5.41, 5.74) is 2.85. The Kier molecular flexibility index (Phi) is 2.29. The van der Waals surface area contributed by atoms with Crippen LogP contribution in [0.1, 0.15) is 5.56 Å². The minimum atomic E-state index is -0.548. The van der Waals surface area contributed by atoms with E-state index in [9.17, 15) is 4.79 Å². The normalized spacial score (nSPS) is 10.3. The summed E-state index contributed by atoms with van der Waals surface area (Å²) in [6, 6.07) is 5.81. The zero-order valence-electron chi connectivity index (χ0n) is 8.50. The lowest BCUT2D eigenvalue weighted by atomic mass is 10.1. The number of hydrogen-bond donors (Lipinski definition) is 2. The second-order valence-electron chi connectivity index (χ2n) is 3.24. The smallest absolute Gasteiger partial charge is 0.388 e. The van der Waals surface area contributed by atoms with Gasteiger partial charge in [-0.2, -0.15) is 0 Å². The molecule has 5 heteroatoms. The SMILES string of the molecule is CNc1cc(C)ccc1-c1noc(=O)[nH]1. The van der Waals surface area contributed by atoms with Crippen molar-refractivity contribution < 1.29 is 4.52 Å². The summed E-state index contributed by atoms with van der Waals surface area (Å²) in [5.74, 6) is -0.114. The predicted molar refractivity (Wildman–Crippen MR) is 56.8 cm³/mol. The van der Waals surface area contributed by atoms with Crippen molar-refractivity contribution in [2.75, 3.05) is 12.4 Å². The Bertz CT molecular complexity index is 527. The van der Waals surface area contributed by atoms with Crippen LogP contribution >= 0.6 is 0 Å². The third-order valence-electron chi connectivity index (χ3n) is 2.14. The van der Waals surface area contributed by atoms with Crippen LogP contribution in [0.5, 0.6) is 0 Å². The lowest BCUT2D eigenvalue weighted by Crippen LogP contribution is -1.97. The molecule has 0 aliphatic carbocycles. The topological polar surface area (TPSA) is 70.9 Å². The predicted octanol–water partition coefficient (Wildman–Crippen LogP) is 1.38. The van der Waals surface area contributed by atoms with Crippen LogP contribution < -0.4 is 11.1 Å². The number of anilines is 1. The fourth-order valence-corrected chi connectivity index (χ4v) is 1.42. The molecule has 0 aliphatic heterocycles. The largest absolute Gasteiger partial charge is 0.439 e. The third kappa shape index (κ3) is 1.76. The molecule has 0 saturated carbocycles. The van der Waals surface area contributed by atoms with Crippen LogP contribution in [-0.4, -0.2) is 17.2 Å². The van der Waals surface area contributed by atoms with Gasteiger partial charge in [-0.05, 0) is 24.6 Å². The second-order valence-corrected chi connectivity index (χ2v) is 3.24. The van der Waals surface area contributed by atoms with Gasteiger partial charge in [-0.25, -0.2) is 4.79 Å². The maximum atomic E-state index is 10.8. The van der Waals surface area contributed by atoms with Crippen LogP contribution in [0, 0.1) is 6.92 Å². The highest BCUT2D eigenvalue weighted by molar-refractivity contribution is 5.73. The van der Waals surface area contributed by atoms with Crippen molar-refractivity contribution in [3.63, 3.8) is 0 Å². The fraction of sp³-hybridized carbons (Fsp3) is 0.200. The first-order chi connectivity index (χ1) is 7.20. The van der Waals surface area contributed by atoms with Gasteiger partial charge in [-0.1, -0.05) is 11.2 Å². The number of aryl methyl sites for hydroxylation is 1. The maximum absolute atomic E-state index is 10.8. The van der Waals surface area contributed by atoms with Crippen LogP contribution in [0.2, 0.25) is 0 Å². The summed E-state index contributed by atoms with van der Waals surface area (Å²) < 4.78 is 4.46. The van der Waals surface area contributed by atoms with Crippen molar-refractivity contribution in [1.29, 1.82) is 0 Å². The van der Waals surface area contributed by atoms with Crippen LogP contribution in [0.25, 0.3) is 11.4 Å². The summed E-state index contributed by atoms with van der Waals surface area (Å²) in [6.45, 7) is 2.00. The van der Waals surface area contributed by atoms with Gasteiger partial charge in [0.25, 0.3) is 0 Å². The molecule has 0 spiro atoms. The molecule has 0 atom stereocenters. The number of aromatic nitrogens is 2. The molecule has 0 unspecified atom stereocenters. The molecular weight excluding hydrogens is 194 g/mol. The monoisotopic (exact) mass is 205 g/mol. The van der Waals surface area contributed by atoms with Gasteiger partial charge in [-0.15, -0.1) is 0 Å². The Hall–Kier alpha value is -2.04. The van der Waals surface area contributed by atoms with E-state index in [1.54, 1.807) is 0 Å². The molecule has 1 aromatic carbocycles. The van der Waals surface area contributed by atoms with Crippen LogP contribution in [-0.2, 0) is 0 Å². The molecule has 2 aromatic rings. The summed E-state index contributed by atoms with van der Waals surface area (Å²) in [5, 5.41) is 6.68. The van der Waals surface area contributed by atoms with E-state index < -0.39 is 5.76 Å². The standard InChI is InChI=1S/C10H11N3O2/c1-6-3-4-7(8(5-6)11-2)9-12-10(14)15-13-9/h3-5,11H,1-2H3,(H,12,13,14). The van der Waals surface area contributed by atoms with E-state index in [1.807, 2.05) is 32.2 Å². The van der Waals surface area contributed by atoms with E-state index in [4.69, 9.17) is 0 Å².